The summed E-state index contributed by atoms with van der Waals surface area (Å²) in [6, 6.07) is 14.6. The molecule has 1 amide bonds. The number of aromatic nitrogens is 3. The van der Waals surface area contributed by atoms with Gasteiger partial charge < -0.3 is 0 Å². The summed E-state index contributed by atoms with van der Waals surface area (Å²) in [5, 5.41) is 4.83. The Morgan fingerprint density at radius 3 is 2.55 bits per heavy atom. The summed E-state index contributed by atoms with van der Waals surface area (Å²) in [7, 11) is 0. The smallest absolute Gasteiger partial charge is 0.228 e. The minimum atomic E-state index is 0.163. The van der Waals surface area contributed by atoms with Gasteiger partial charge in [-0.05, 0) is 36.1 Å². The van der Waals surface area contributed by atoms with Gasteiger partial charge in [-0.1, -0.05) is 30.3 Å². The molecule has 6 heteroatoms. The van der Waals surface area contributed by atoms with Crippen molar-refractivity contribution in [2.24, 2.45) is 0 Å². The lowest BCUT2D eigenvalue weighted by atomic mass is 10.2. The van der Waals surface area contributed by atoms with Crippen molar-refractivity contribution in [2.75, 3.05) is 24.5 Å². The number of nitrogens with zero attached hydrogens (tertiary/aromatic N) is 5. The van der Waals surface area contributed by atoms with Gasteiger partial charge in [0.25, 0.3) is 0 Å². The minimum absolute atomic E-state index is 0.163. The molecule has 6 nitrogen and oxygen atoms in total. The summed E-state index contributed by atoms with van der Waals surface area (Å²) >= 11 is 0. The highest BCUT2D eigenvalue weighted by atomic mass is 16.2. The highest BCUT2D eigenvalue weighted by Crippen LogP contribution is 2.22. The molecule has 5 rings (SSSR count). The second kappa shape index (κ2) is 7.79. The Kier molecular flexibility index (Phi) is 4.86. The second-order valence-corrected chi connectivity index (χ2v) is 7.83. The second-order valence-electron chi connectivity index (χ2n) is 7.83. The molecule has 4 heterocycles. The van der Waals surface area contributed by atoms with Gasteiger partial charge in [0.1, 0.15) is 5.82 Å². The molecule has 0 bridgehead atoms. The number of carbonyl (C=O) groups is 1. The van der Waals surface area contributed by atoms with E-state index in [-0.39, 0.29) is 5.91 Å². The third-order valence-corrected chi connectivity index (χ3v) is 5.84. The van der Waals surface area contributed by atoms with Crippen LogP contribution in [0.2, 0.25) is 0 Å². The van der Waals surface area contributed by atoms with Crippen molar-refractivity contribution in [3.63, 3.8) is 0 Å². The first-order valence-corrected chi connectivity index (χ1v) is 10.4. The molecule has 0 saturated carbocycles. The van der Waals surface area contributed by atoms with Crippen LogP contribution in [-0.4, -0.2) is 45.2 Å². The molecular weight excluding hydrogens is 362 g/mol. The van der Waals surface area contributed by atoms with E-state index in [9.17, 15) is 4.79 Å². The molecule has 0 spiro atoms. The molecular formula is C23H25N5O. The topological polar surface area (TPSA) is 54.3 Å². The Morgan fingerprint density at radius 2 is 1.79 bits per heavy atom. The van der Waals surface area contributed by atoms with Crippen molar-refractivity contribution in [2.45, 2.75) is 32.2 Å². The molecule has 0 aliphatic carbocycles. The average molecular weight is 387 g/mol. The fourth-order valence-electron chi connectivity index (χ4n) is 4.21. The molecule has 3 aromatic rings. The standard InChI is InChI=1S/C23H25N5O/c29-23-7-4-12-27(23)22-9-8-20(15-24-22)28-17-19-10-13-26(14-11-21(19)25-28)16-18-5-2-1-3-6-18/h1-3,5-6,8-9,15,17H,4,7,10-14,16H2. The molecule has 1 fully saturated rings. The zero-order valence-electron chi connectivity index (χ0n) is 16.5. The number of hydrogen-bond donors (Lipinski definition) is 0. The van der Waals surface area contributed by atoms with E-state index in [1.54, 1.807) is 4.90 Å². The highest BCUT2D eigenvalue weighted by molar-refractivity contribution is 5.94. The Balaban J connectivity index is 1.27. The Morgan fingerprint density at radius 1 is 0.931 bits per heavy atom. The van der Waals surface area contributed by atoms with Gasteiger partial charge >= 0.3 is 0 Å². The lowest BCUT2D eigenvalue weighted by Gasteiger charge is -2.19. The van der Waals surface area contributed by atoms with E-state index in [2.05, 4.69) is 46.4 Å². The number of carbonyl (C=O) groups excluding carboxylic acids is 1. The lowest BCUT2D eigenvalue weighted by Crippen LogP contribution is -2.26. The van der Waals surface area contributed by atoms with Crippen molar-refractivity contribution in [1.82, 2.24) is 19.7 Å². The number of pyridine rings is 1. The fraction of sp³-hybridized carbons (Fsp3) is 0.348. The van der Waals surface area contributed by atoms with Crippen LogP contribution in [0.1, 0.15) is 29.7 Å². The van der Waals surface area contributed by atoms with Crippen molar-refractivity contribution < 1.29 is 4.79 Å². The highest BCUT2D eigenvalue weighted by Gasteiger charge is 2.23. The summed E-state index contributed by atoms with van der Waals surface area (Å²) in [5.74, 6) is 0.901. The van der Waals surface area contributed by atoms with Crippen LogP contribution in [0, 0.1) is 0 Å². The minimum Gasteiger partial charge on any atom is -0.298 e. The van der Waals surface area contributed by atoms with Crippen molar-refractivity contribution in [3.8, 4) is 5.69 Å². The van der Waals surface area contributed by atoms with E-state index in [4.69, 9.17) is 5.10 Å². The summed E-state index contributed by atoms with van der Waals surface area (Å²) < 4.78 is 1.93. The van der Waals surface area contributed by atoms with Crippen LogP contribution in [0.15, 0.2) is 54.9 Å². The third kappa shape index (κ3) is 3.80. The van der Waals surface area contributed by atoms with Crippen LogP contribution in [0.3, 0.4) is 0 Å². The Hall–Kier alpha value is -2.99. The molecule has 1 saturated heterocycles. The molecule has 0 unspecified atom stereocenters. The molecule has 2 aromatic heterocycles. The third-order valence-electron chi connectivity index (χ3n) is 5.84. The van der Waals surface area contributed by atoms with E-state index in [1.165, 1.54) is 16.8 Å². The van der Waals surface area contributed by atoms with Gasteiger partial charge in [0.15, 0.2) is 0 Å². The summed E-state index contributed by atoms with van der Waals surface area (Å²) in [6.45, 7) is 3.82. The van der Waals surface area contributed by atoms with Gasteiger partial charge in [0.05, 0.1) is 17.6 Å². The summed E-state index contributed by atoms with van der Waals surface area (Å²) in [6.07, 6.45) is 7.46. The van der Waals surface area contributed by atoms with E-state index in [0.717, 1.165) is 56.9 Å². The first-order chi connectivity index (χ1) is 14.3. The van der Waals surface area contributed by atoms with E-state index >= 15 is 0 Å². The molecule has 2 aliphatic rings. The number of hydrogen-bond acceptors (Lipinski definition) is 4. The molecule has 2 aliphatic heterocycles. The predicted molar refractivity (Wildman–Crippen MR) is 112 cm³/mol. The molecule has 148 valence electrons. The maximum atomic E-state index is 11.9. The number of rotatable bonds is 4. The molecule has 0 atom stereocenters. The molecule has 0 N–H and O–H groups in total. The van der Waals surface area contributed by atoms with E-state index < -0.39 is 0 Å². The monoisotopic (exact) mass is 387 g/mol. The number of fused-ring (bicyclic) bond motifs is 1. The molecule has 29 heavy (non-hydrogen) atoms. The maximum absolute atomic E-state index is 11.9. The zero-order valence-corrected chi connectivity index (χ0v) is 16.5. The summed E-state index contributed by atoms with van der Waals surface area (Å²) in [4.78, 5) is 20.7. The van der Waals surface area contributed by atoms with Gasteiger partial charge in [-0.25, -0.2) is 9.67 Å². The van der Waals surface area contributed by atoms with Gasteiger partial charge in [-0.15, -0.1) is 0 Å². The van der Waals surface area contributed by atoms with E-state index in [1.807, 2.05) is 23.0 Å². The Labute approximate surface area is 170 Å². The van der Waals surface area contributed by atoms with Crippen LogP contribution in [0.4, 0.5) is 5.82 Å². The zero-order chi connectivity index (χ0) is 19.6. The summed E-state index contributed by atoms with van der Waals surface area (Å²) in [5.41, 5.74) is 4.80. The van der Waals surface area contributed by atoms with E-state index in [0.29, 0.717) is 6.42 Å². The quantitative estimate of drug-likeness (QED) is 0.691. The average Bonchev–Trinajstić information content (AvgIpc) is 3.32. The number of anilines is 1. The van der Waals surface area contributed by atoms with Crippen LogP contribution in [0.5, 0.6) is 0 Å². The Bertz CT molecular complexity index is 970. The van der Waals surface area contributed by atoms with Crippen LogP contribution in [0.25, 0.3) is 5.69 Å². The van der Waals surface area contributed by atoms with Crippen LogP contribution >= 0.6 is 0 Å². The van der Waals surface area contributed by atoms with Crippen molar-refractivity contribution >= 4 is 11.7 Å². The SMILES string of the molecule is O=C1CCCN1c1ccc(-n2cc3c(n2)CCN(Cc2ccccc2)CC3)cn1. The van der Waals surface area contributed by atoms with Crippen LogP contribution < -0.4 is 4.90 Å². The van der Waals surface area contributed by atoms with Gasteiger partial charge in [0.2, 0.25) is 5.91 Å². The maximum Gasteiger partial charge on any atom is 0.228 e. The van der Waals surface area contributed by atoms with Crippen molar-refractivity contribution in [1.29, 1.82) is 0 Å². The molecule has 0 radical (unpaired) electrons. The largest absolute Gasteiger partial charge is 0.298 e. The lowest BCUT2D eigenvalue weighted by molar-refractivity contribution is -0.117. The molecule has 1 aromatic carbocycles. The van der Waals surface area contributed by atoms with Gasteiger partial charge in [-0.2, -0.15) is 5.10 Å². The number of benzene rings is 1. The van der Waals surface area contributed by atoms with Gasteiger partial charge in [-0.3, -0.25) is 14.6 Å². The van der Waals surface area contributed by atoms with Gasteiger partial charge in [0, 0.05) is 45.2 Å². The predicted octanol–water partition coefficient (Wildman–Crippen LogP) is 2.99. The van der Waals surface area contributed by atoms with Crippen molar-refractivity contribution in [3.05, 3.63) is 71.7 Å². The van der Waals surface area contributed by atoms with Crippen LogP contribution in [-0.2, 0) is 24.2 Å². The first kappa shape index (κ1) is 18.1. The fourth-order valence-corrected chi connectivity index (χ4v) is 4.21. The normalized spacial score (nSPS) is 17.4. The first-order valence-electron chi connectivity index (χ1n) is 10.4. The number of amides is 1.